The van der Waals surface area contributed by atoms with Crippen LogP contribution in [-0.2, 0) is 0 Å². The highest BCUT2D eigenvalue weighted by Gasteiger charge is 2.06. The molecule has 0 aliphatic rings. The maximum atomic E-state index is 8.87. The molecule has 0 amide bonds. The van der Waals surface area contributed by atoms with Crippen molar-refractivity contribution in [2.45, 2.75) is 13.0 Å². The molecule has 0 radical (unpaired) electrons. The first-order chi connectivity index (χ1) is 4.22. The molecular formula is C6H9NO2. The summed E-state index contributed by atoms with van der Waals surface area (Å²) in [5.41, 5.74) is 6.09. The van der Waals surface area contributed by atoms with E-state index in [-0.39, 0.29) is 12.0 Å². The Morgan fingerprint density at radius 1 is 1.78 bits per heavy atom. The predicted octanol–water partition coefficient (Wildman–Crippen LogP) is 1.00. The molecule has 0 fully saturated rings. The number of rotatable bonds is 1. The van der Waals surface area contributed by atoms with Gasteiger partial charge in [-0.25, -0.2) is 0 Å². The summed E-state index contributed by atoms with van der Waals surface area (Å²) in [7, 11) is 0. The Hall–Kier alpha value is -0.960. The van der Waals surface area contributed by atoms with Crippen molar-refractivity contribution >= 4 is 0 Å². The topological polar surface area (TPSA) is 59.4 Å². The van der Waals surface area contributed by atoms with Gasteiger partial charge in [0, 0.05) is 6.04 Å². The molecule has 9 heavy (non-hydrogen) atoms. The van der Waals surface area contributed by atoms with Gasteiger partial charge in [-0.1, -0.05) is 0 Å². The van der Waals surface area contributed by atoms with Crippen LogP contribution in [0, 0.1) is 0 Å². The van der Waals surface area contributed by atoms with E-state index in [9.17, 15) is 0 Å². The highest BCUT2D eigenvalue weighted by molar-refractivity contribution is 5.23. The molecule has 1 aromatic rings. The third kappa shape index (κ3) is 1.05. The van der Waals surface area contributed by atoms with Gasteiger partial charge in [-0.05, 0) is 13.0 Å². The molecule has 3 heteroatoms. The van der Waals surface area contributed by atoms with Gasteiger partial charge in [0.15, 0.2) is 0 Å². The van der Waals surface area contributed by atoms with Gasteiger partial charge >= 0.3 is 0 Å². The largest absolute Gasteiger partial charge is 0.480 e. The normalized spacial score (nSPS) is 13.6. The second-order valence-electron chi connectivity index (χ2n) is 1.97. The Kier molecular flexibility index (Phi) is 1.44. The zero-order valence-electron chi connectivity index (χ0n) is 5.16. The lowest BCUT2D eigenvalue weighted by Crippen LogP contribution is -2.03. The molecule has 1 aromatic heterocycles. The van der Waals surface area contributed by atoms with Gasteiger partial charge in [0.1, 0.15) is 0 Å². The summed E-state index contributed by atoms with van der Waals surface area (Å²) in [6, 6.07) is 1.49. The molecule has 1 rings (SSSR count). The summed E-state index contributed by atoms with van der Waals surface area (Å²) in [4.78, 5) is 0. The number of furan rings is 1. The highest BCUT2D eigenvalue weighted by Crippen LogP contribution is 2.22. The molecule has 0 bridgehead atoms. The number of hydrogen-bond donors (Lipinski definition) is 2. The van der Waals surface area contributed by atoms with Crippen molar-refractivity contribution in [3.05, 3.63) is 17.9 Å². The fraction of sp³-hybridized carbons (Fsp3) is 0.333. The van der Waals surface area contributed by atoms with Crippen LogP contribution in [0.4, 0.5) is 0 Å². The maximum absolute atomic E-state index is 8.87. The first-order valence-electron chi connectivity index (χ1n) is 2.73. The summed E-state index contributed by atoms with van der Waals surface area (Å²) in [5, 5.41) is 8.87. The van der Waals surface area contributed by atoms with Crippen LogP contribution >= 0.6 is 0 Å². The van der Waals surface area contributed by atoms with Gasteiger partial charge in [-0.15, -0.1) is 0 Å². The zero-order chi connectivity index (χ0) is 6.85. The van der Waals surface area contributed by atoms with Crippen LogP contribution in [0.1, 0.15) is 18.5 Å². The summed E-state index contributed by atoms with van der Waals surface area (Å²) in [5.74, 6) is -0.0787. The van der Waals surface area contributed by atoms with Crippen molar-refractivity contribution in [1.29, 1.82) is 0 Å². The minimum atomic E-state index is -0.163. The third-order valence-corrected chi connectivity index (χ3v) is 1.16. The predicted molar refractivity (Wildman–Crippen MR) is 33.0 cm³/mol. The van der Waals surface area contributed by atoms with Crippen molar-refractivity contribution in [1.82, 2.24) is 0 Å². The fourth-order valence-electron chi connectivity index (χ4n) is 0.658. The summed E-state index contributed by atoms with van der Waals surface area (Å²) < 4.78 is 4.60. The average molecular weight is 127 g/mol. The van der Waals surface area contributed by atoms with Crippen molar-refractivity contribution in [2.24, 2.45) is 5.73 Å². The second-order valence-corrected chi connectivity index (χ2v) is 1.97. The van der Waals surface area contributed by atoms with Crippen molar-refractivity contribution in [3.8, 4) is 5.95 Å². The van der Waals surface area contributed by atoms with E-state index in [1.807, 2.05) is 0 Å². The standard InChI is InChI=1S/C6H9NO2/c1-4(7)5-2-3-9-6(5)8/h2-4,8H,7H2,1H3. The Balaban J connectivity index is 2.94. The number of hydrogen-bond acceptors (Lipinski definition) is 3. The molecule has 0 saturated heterocycles. The average Bonchev–Trinajstić information content (AvgIpc) is 2.13. The molecule has 1 heterocycles. The molecule has 0 aliphatic heterocycles. The first kappa shape index (κ1) is 6.16. The molecular weight excluding hydrogens is 118 g/mol. The van der Waals surface area contributed by atoms with Crippen LogP contribution in [0.2, 0.25) is 0 Å². The Labute approximate surface area is 53.1 Å². The van der Waals surface area contributed by atoms with E-state index in [4.69, 9.17) is 10.8 Å². The number of nitrogens with two attached hydrogens (primary N) is 1. The third-order valence-electron chi connectivity index (χ3n) is 1.16. The van der Waals surface area contributed by atoms with Crippen LogP contribution in [-0.4, -0.2) is 5.11 Å². The maximum Gasteiger partial charge on any atom is 0.286 e. The van der Waals surface area contributed by atoms with Gasteiger partial charge in [-0.3, -0.25) is 0 Å². The van der Waals surface area contributed by atoms with E-state index in [2.05, 4.69) is 4.42 Å². The first-order valence-corrected chi connectivity index (χ1v) is 2.73. The van der Waals surface area contributed by atoms with Gasteiger partial charge < -0.3 is 15.3 Å². The minimum Gasteiger partial charge on any atom is -0.480 e. The van der Waals surface area contributed by atoms with E-state index in [0.29, 0.717) is 5.56 Å². The SMILES string of the molecule is CC(N)c1ccoc1O. The van der Waals surface area contributed by atoms with Gasteiger partial charge in [0.2, 0.25) is 0 Å². The van der Waals surface area contributed by atoms with Crippen LogP contribution in [0.15, 0.2) is 16.7 Å². The van der Waals surface area contributed by atoms with Crippen LogP contribution < -0.4 is 5.73 Å². The highest BCUT2D eigenvalue weighted by atomic mass is 16.5. The van der Waals surface area contributed by atoms with E-state index in [0.717, 1.165) is 0 Å². The van der Waals surface area contributed by atoms with E-state index in [1.54, 1.807) is 13.0 Å². The monoisotopic (exact) mass is 127 g/mol. The molecule has 1 unspecified atom stereocenters. The van der Waals surface area contributed by atoms with Crippen molar-refractivity contribution < 1.29 is 9.52 Å². The van der Waals surface area contributed by atoms with E-state index >= 15 is 0 Å². The minimum absolute atomic E-state index is 0.0787. The van der Waals surface area contributed by atoms with Crippen molar-refractivity contribution in [3.63, 3.8) is 0 Å². The molecule has 50 valence electrons. The van der Waals surface area contributed by atoms with E-state index < -0.39 is 0 Å². The van der Waals surface area contributed by atoms with Gasteiger partial charge in [0.25, 0.3) is 5.95 Å². The second kappa shape index (κ2) is 2.11. The molecule has 0 spiro atoms. The van der Waals surface area contributed by atoms with Crippen LogP contribution in [0.25, 0.3) is 0 Å². The van der Waals surface area contributed by atoms with Crippen molar-refractivity contribution in [2.75, 3.05) is 0 Å². The summed E-state index contributed by atoms with van der Waals surface area (Å²) >= 11 is 0. The smallest absolute Gasteiger partial charge is 0.286 e. The summed E-state index contributed by atoms with van der Waals surface area (Å²) in [6.07, 6.45) is 1.41. The van der Waals surface area contributed by atoms with Gasteiger partial charge in [0.05, 0.1) is 11.8 Å². The van der Waals surface area contributed by atoms with Crippen LogP contribution in [0.3, 0.4) is 0 Å². The fourth-order valence-corrected chi connectivity index (χ4v) is 0.658. The summed E-state index contributed by atoms with van der Waals surface area (Å²) in [6.45, 7) is 1.78. The molecule has 3 N–H and O–H groups in total. The van der Waals surface area contributed by atoms with Crippen LogP contribution in [0.5, 0.6) is 5.95 Å². The van der Waals surface area contributed by atoms with Gasteiger partial charge in [-0.2, -0.15) is 0 Å². The lowest BCUT2D eigenvalue weighted by atomic mass is 10.2. The Bertz CT molecular complexity index is 193. The quantitative estimate of drug-likeness (QED) is 0.591. The molecule has 0 aliphatic carbocycles. The Morgan fingerprint density at radius 2 is 2.44 bits per heavy atom. The molecule has 3 nitrogen and oxygen atoms in total. The lowest BCUT2D eigenvalue weighted by molar-refractivity contribution is 0.326. The molecule has 0 aromatic carbocycles. The molecule has 1 atom stereocenters. The number of aromatic hydroxyl groups is 1. The zero-order valence-corrected chi connectivity index (χ0v) is 5.16. The van der Waals surface area contributed by atoms with E-state index in [1.165, 1.54) is 6.26 Å². The Morgan fingerprint density at radius 3 is 2.67 bits per heavy atom. The lowest BCUT2D eigenvalue weighted by Gasteiger charge is -1.98. The molecule has 0 saturated carbocycles.